The minimum atomic E-state index is -0.110. The molecular weight excluding hydrogens is 374 g/mol. The van der Waals surface area contributed by atoms with Crippen LogP contribution in [0.25, 0.3) is 11.5 Å². The Hall–Kier alpha value is -3.55. The molecule has 8 nitrogen and oxygen atoms in total. The van der Waals surface area contributed by atoms with Gasteiger partial charge in [-0.2, -0.15) is 0 Å². The minimum Gasteiger partial charge on any atom is -0.497 e. The Balaban J connectivity index is 1.51. The standard InChI is InChI=1S/C21H23N3O5/c1-26-16-6-4-5-15(12-16)21-24-23-20(29-21)10-9-19(25)22-13-14-7-8-17(27-2)18(11-14)28-3/h4-8,11-12H,9-10,13H2,1-3H3,(H,22,25). The highest BCUT2D eigenvalue weighted by atomic mass is 16.5. The van der Waals surface area contributed by atoms with Crippen molar-refractivity contribution in [1.29, 1.82) is 0 Å². The molecule has 0 aliphatic heterocycles. The first kappa shape index (κ1) is 20.2. The van der Waals surface area contributed by atoms with Crippen molar-refractivity contribution in [3.63, 3.8) is 0 Å². The van der Waals surface area contributed by atoms with Crippen molar-refractivity contribution in [1.82, 2.24) is 15.5 Å². The molecule has 0 aliphatic carbocycles. The van der Waals surface area contributed by atoms with Gasteiger partial charge in [-0.3, -0.25) is 4.79 Å². The molecule has 1 N–H and O–H groups in total. The summed E-state index contributed by atoms with van der Waals surface area (Å²) in [4.78, 5) is 12.2. The molecule has 2 aromatic carbocycles. The van der Waals surface area contributed by atoms with Crippen LogP contribution in [0.3, 0.4) is 0 Å². The van der Waals surface area contributed by atoms with Crippen LogP contribution >= 0.6 is 0 Å². The molecule has 0 atom stereocenters. The monoisotopic (exact) mass is 397 g/mol. The fourth-order valence-corrected chi connectivity index (χ4v) is 2.73. The van der Waals surface area contributed by atoms with E-state index in [0.29, 0.717) is 42.0 Å². The Labute approximate surface area is 168 Å². The van der Waals surface area contributed by atoms with Gasteiger partial charge in [-0.15, -0.1) is 10.2 Å². The average molecular weight is 397 g/mol. The number of methoxy groups -OCH3 is 3. The second kappa shape index (κ2) is 9.59. The van der Waals surface area contributed by atoms with Crippen LogP contribution in [-0.2, 0) is 17.8 Å². The van der Waals surface area contributed by atoms with E-state index in [2.05, 4.69) is 15.5 Å². The summed E-state index contributed by atoms with van der Waals surface area (Å²) >= 11 is 0. The number of hydrogen-bond acceptors (Lipinski definition) is 7. The van der Waals surface area contributed by atoms with Crippen molar-refractivity contribution in [3.8, 4) is 28.7 Å². The molecule has 0 aliphatic rings. The maximum Gasteiger partial charge on any atom is 0.247 e. The zero-order valence-electron chi connectivity index (χ0n) is 16.6. The van der Waals surface area contributed by atoms with Gasteiger partial charge in [0.2, 0.25) is 17.7 Å². The number of amides is 1. The zero-order valence-corrected chi connectivity index (χ0v) is 16.6. The van der Waals surface area contributed by atoms with Crippen LogP contribution in [-0.4, -0.2) is 37.4 Å². The SMILES string of the molecule is COc1cccc(-c2nnc(CCC(=O)NCc3ccc(OC)c(OC)c3)o2)c1. The Kier molecular flexibility index (Phi) is 6.67. The van der Waals surface area contributed by atoms with E-state index in [1.165, 1.54) is 0 Å². The molecule has 0 unspecified atom stereocenters. The molecule has 8 heteroatoms. The molecule has 1 aromatic heterocycles. The topological polar surface area (TPSA) is 95.7 Å². The van der Waals surface area contributed by atoms with Crippen molar-refractivity contribution >= 4 is 5.91 Å². The molecule has 152 valence electrons. The van der Waals surface area contributed by atoms with E-state index in [-0.39, 0.29) is 12.3 Å². The highest BCUT2D eigenvalue weighted by Crippen LogP contribution is 2.27. The van der Waals surface area contributed by atoms with Gasteiger partial charge in [-0.05, 0) is 35.9 Å². The normalized spacial score (nSPS) is 10.4. The number of hydrogen-bond donors (Lipinski definition) is 1. The summed E-state index contributed by atoms with van der Waals surface area (Å²) in [5.41, 5.74) is 1.68. The Morgan fingerprint density at radius 2 is 1.83 bits per heavy atom. The molecule has 0 bridgehead atoms. The van der Waals surface area contributed by atoms with E-state index in [9.17, 15) is 4.79 Å². The molecule has 29 heavy (non-hydrogen) atoms. The predicted molar refractivity (Wildman–Crippen MR) is 106 cm³/mol. The highest BCUT2D eigenvalue weighted by Gasteiger charge is 2.12. The van der Waals surface area contributed by atoms with Crippen molar-refractivity contribution in [2.75, 3.05) is 21.3 Å². The van der Waals surface area contributed by atoms with E-state index in [1.54, 1.807) is 27.4 Å². The van der Waals surface area contributed by atoms with Crippen molar-refractivity contribution < 1.29 is 23.4 Å². The minimum absolute atomic E-state index is 0.110. The lowest BCUT2D eigenvalue weighted by atomic mass is 10.2. The number of aromatic nitrogens is 2. The molecule has 0 saturated carbocycles. The summed E-state index contributed by atoms with van der Waals surface area (Å²) in [5.74, 6) is 2.66. The number of aryl methyl sites for hydroxylation is 1. The van der Waals surface area contributed by atoms with Crippen LogP contribution in [0.1, 0.15) is 17.9 Å². The van der Waals surface area contributed by atoms with E-state index in [4.69, 9.17) is 18.6 Å². The smallest absolute Gasteiger partial charge is 0.247 e. The number of ether oxygens (including phenoxy) is 3. The molecular formula is C21H23N3O5. The second-order valence-corrected chi connectivity index (χ2v) is 6.20. The Morgan fingerprint density at radius 3 is 2.59 bits per heavy atom. The number of benzene rings is 2. The lowest BCUT2D eigenvalue weighted by Gasteiger charge is -2.10. The maximum absolute atomic E-state index is 12.2. The Bertz CT molecular complexity index is 970. The first-order chi connectivity index (χ1) is 14.1. The summed E-state index contributed by atoms with van der Waals surface area (Å²) in [5, 5.41) is 10.9. The second-order valence-electron chi connectivity index (χ2n) is 6.20. The molecule has 0 saturated heterocycles. The maximum atomic E-state index is 12.2. The first-order valence-corrected chi connectivity index (χ1v) is 9.07. The molecule has 3 rings (SSSR count). The van der Waals surface area contributed by atoms with Crippen LogP contribution in [0.2, 0.25) is 0 Å². The van der Waals surface area contributed by atoms with Crippen LogP contribution in [0.15, 0.2) is 46.9 Å². The number of nitrogens with one attached hydrogen (secondary N) is 1. The molecule has 3 aromatic rings. The lowest BCUT2D eigenvalue weighted by molar-refractivity contribution is -0.121. The average Bonchev–Trinajstić information content (AvgIpc) is 3.25. The summed E-state index contributed by atoms with van der Waals surface area (Å²) in [6, 6.07) is 12.9. The van der Waals surface area contributed by atoms with Gasteiger partial charge in [-0.1, -0.05) is 12.1 Å². The van der Waals surface area contributed by atoms with E-state index >= 15 is 0 Å². The third-order valence-corrected chi connectivity index (χ3v) is 4.29. The van der Waals surface area contributed by atoms with Gasteiger partial charge in [-0.25, -0.2) is 0 Å². The predicted octanol–water partition coefficient (Wildman–Crippen LogP) is 3.01. The van der Waals surface area contributed by atoms with Crippen molar-refractivity contribution in [3.05, 3.63) is 53.9 Å². The number of carbonyl (C=O) groups excluding carboxylic acids is 1. The van der Waals surface area contributed by atoms with Gasteiger partial charge in [0.1, 0.15) is 5.75 Å². The Morgan fingerprint density at radius 1 is 1.00 bits per heavy atom. The number of nitrogens with zero attached hydrogens (tertiary/aromatic N) is 2. The van der Waals surface area contributed by atoms with Gasteiger partial charge in [0.05, 0.1) is 21.3 Å². The fraction of sp³-hybridized carbons (Fsp3) is 0.286. The first-order valence-electron chi connectivity index (χ1n) is 9.07. The molecule has 0 spiro atoms. The highest BCUT2D eigenvalue weighted by molar-refractivity contribution is 5.76. The molecule has 0 radical (unpaired) electrons. The van der Waals surface area contributed by atoms with Crippen LogP contribution in [0.4, 0.5) is 0 Å². The van der Waals surface area contributed by atoms with Gasteiger partial charge >= 0.3 is 0 Å². The summed E-state index contributed by atoms with van der Waals surface area (Å²) in [6.45, 7) is 0.387. The van der Waals surface area contributed by atoms with Crippen LogP contribution in [0.5, 0.6) is 17.2 Å². The largest absolute Gasteiger partial charge is 0.497 e. The molecule has 1 amide bonds. The van der Waals surface area contributed by atoms with Gasteiger partial charge in [0.15, 0.2) is 11.5 Å². The van der Waals surface area contributed by atoms with Crippen LogP contribution < -0.4 is 19.5 Å². The molecule has 0 fully saturated rings. The third kappa shape index (κ3) is 5.25. The van der Waals surface area contributed by atoms with Crippen molar-refractivity contribution in [2.45, 2.75) is 19.4 Å². The van der Waals surface area contributed by atoms with Gasteiger partial charge in [0, 0.05) is 24.9 Å². The molecule has 1 heterocycles. The van der Waals surface area contributed by atoms with E-state index in [0.717, 1.165) is 11.1 Å². The number of rotatable bonds is 9. The lowest BCUT2D eigenvalue weighted by Crippen LogP contribution is -2.23. The quantitative estimate of drug-likeness (QED) is 0.593. The summed E-state index contributed by atoms with van der Waals surface area (Å²) in [6.07, 6.45) is 0.599. The van der Waals surface area contributed by atoms with Gasteiger partial charge in [0.25, 0.3) is 0 Å². The summed E-state index contributed by atoms with van der Waals surface area (Å²) < 4.78 is 21.3. The number of carbonyl (C=O) groups is 1. The summed E-state index contributed by atoms with van der Waals surface area (Å²) in [7, 11) is 4.75. The van der Waals surface area contributed by atoms with Crippen molar-refractivity contribution in [2.24, 2.45) is 0 Å². The fourth-order valence-electron chi connectivity index (χ4n) is 2.73. The van der Waals surface area contributed by atoms with E-state index < -0.39 is 0 Å². The van der Waals surface area contributed by atoms with Crippen LogP contribution in [0, 0.1) is 0 Å². The van der Waals surface area contributed by atoms with E-state index in [1.807, 2.05) is 36.4 Å². The third-order valence-electron chi connectivity index (χ3n) is 4.29. The van der Waals surface area contributed by atoms with Gasteiger partial charge < -0.3 is 23.9 Å². The zero-order chi connectivity index (χ0) is 20.6.